The van der Waals surface area contributed by atoms with Crippen molar-refractivity contribution >= 4 is 11.5 Å². The fourth-order valence-electron chi connectivity index (χ4n) is 2.48. The number of aliphatic carboxylic acids is 1. The van der Waals surface area contributed by atoms with Crippen LogP contribution in [0.3, 0.4) is 0 Å². The van der Waals surface area contributed by atoms with Gasteiger partial charge in [-0.15, -0.1) is 0 Å². The van der Waals surface area contributed by atoms with E-state index in [0.29, 0.717) is 11.1 Å². The van der Waals surface area contributed by atoms with Gasteiger partial charge in [-0.3, -0.25) is 0 Å². The first kappa shape index (κ1) is 12.7. The molecule has 1 aliphatic carbocycles. The summed E-state index contributed by atoms with van der Waals surface area (Å²) in [5, 5.41) is 8.89. The van der Waals surface area contributed by atoms with Crippen molar-refractivity contribution in [1.82, 2.24) is 0 Å². The molecule has 2 rings (SSSR count). The van der Waals surface area contributed by atoms with Crippen LogP contribution in [0.2, 0.25) is 0 Å². The monoisotopic (exact) mass is 252 g/mol. The van der Waals surface area contributed by atoms with Gasteiger partial charge in [-0.2, -0.15) is 0 Å². The third-order valence-corrected chi connectivity index (χ3v) is 3.33. The third-order valence-electron chi connectivity index (χ3n) is 3.33. The van der Waals surface area contributed by atoms with Crippen molar-refractivity contribution in [2.75, 3.05) is 0 Å². The summed E-state index contributed by atoms with van der Waals surface area (Å²) in [4.78, 5) is 10.8. The van der Waals surface area contributed by atoms with Crippen LogP contribution in [-0.2, 0) is 4.79 Å². The molecule has 0 aliphatic heterocycles. The Labute approximate surface area is 104 Å². The second-order valence-corrected chi connectivity index (χ2v) is 4.55. The van der Waals surface area contributed by atoms with Gasteiger partial charge in [0, 0.05) is 6.08 Å². The Kier molecular flexibility index (Phi) is 3.75. The normalized spacial score (nSPS) is 17.1. The zero-order chi connectivity index (χ0) is 13.1. The van der Waals surface area contributed by atoms with E-state index in [1.165, 1.54) is 6.07 Å². The topological polar surface area (TPSA) is 37.3 Å². The molecule has 1 aromatic rings. The van der Waals surface area contributed by atoms with Gasteiger partial charge in [0.15, 0.2) is 11.6 Å². The predicted molar refractivity (Wildman–Crippen MR) is 63.9 cm³/mol. The number of carboxylic acids is 1. The summed E-state index contributed by atoms with van der Waals surface area (Å²) >= 11 is 0. The molecular formula is C14H14F2O2. The quantitative estimate of drug-likeness (QED) is 0.834. The van der Waals surface area contributed by atoms with Crippen molar-refractivity contribution in [3.05, 3.63) is 41.5 Å². The lowest BCUT2D eigenvalue weighted by Crippen LogP contribution is -2.03. The van der Waals surface area contributed by atoms with E-state index in [1.54, 1.807) is 0 Å². The molecule has 1 N–H and O–H groups in total. The van der Waals surface area contributed by atoms with E-state index in [0.717, 1.165) is 43.9 Å². The van der Waals surface area contributed by atoms with Gasteiger partial charge in [-0.05, 0) is 42.0 Å². The summed E-state index contributed by atoms with van der Waals surface area (Å²) < 4.78 is 26.1. The van der Waals surface area contributed by atoms with Gasteiger partial charge in [0.2, 0.25) is 0 Å². The van der Waals surface area contributed by atoms with Gasteiger partial charge < -0.3 is 5.11 Å². The first-order valence-electron chi connectivity index (χ1n) is 5.98. The Morgan fingerprint density at radius 1 is 1.22 bits per heavy atom. The molecule has 0 heterocycles. The lowest BCUT2D eigenvalue weighted by molar-refractivity contribution is -0.131. The molecule has 0 saturated heterocycles. The maximum absolute atomic E-state index is 13.2. The SMILES string of the molecule is O=C(O)/C=C(/c1ccc(F)c(F)c1)C1CCCC1. The Bertz CT molecular complexity index is 489. The number of carboxylic acid groups (broad SMARTS) is 1. The maximum Gasteiger partial charge on any atom is 0.328 e. The zero-order valence-corrected chi connectivity index (χ0v) is 9.83. The van der Waals surface area contributed by atoms with Crippen molar-refractivity contribution in [1.29, 1.82) is 0 Å². The number of carbonyl (C=O) groups is 1. The molecule has 2 nitrogen and oxygen atoms in total. The van der Waals surface area contributed by atoms with E-state index in [1.807, 2.05) is 0 Å². The summed E-state index contributed by atoms with van der Waals surface area (Å²) in [5.41, 5.74) is 1.06. The number of hydrogen-bond acceptors (Lipinski definition) is 1. The molecule has 0 radical (unpaired) electrons. The van der Waals surface area contributed by atoms with Crippen LogP contribution in [0.4, 0.5) is 8.78 Å². The fraction of sp³-hybridized carbons (Fsp3) is 0.357. The second kappa shape index (κ2) is 5.29. The van der Waals surface area contributed by atoms with Crippen molar-refractivity contribution in [3.63, 3.8) is 0 Å². The highest BCUT2D eigenvalue weighted by atomic mass is 19.2. The van der Waals surface area contributed by atoms with Gasteiger partial charge in [-0.25, -0.2) is 13.6 Å². The molecule has 1 aliphatic rings. The maximum atomic E-state index is 13.2. The summed E-state index contributed by atoms with van der Waals surface area (Å²) in [6, 6.07) is 3.54. The van der Waals surface area contributed by atoms with E-state index >= 15 is 0 Å². The van der Waals surface area contributed by atoms with E-state index in [4.69, 9.17) is 5.11 Å². The number of hydrogen-bond donors (Lipinski definition) is 1. The molecule has 96 valence electrons. The molecule has 1 fully saturated rings. The van der Waals surface area contributed by atoms with Crippen LogP contribution in [0.1, 0.15) is 31.2 Å². The number of rotatable bonds is 3. The van der Waals surface area contributed by atoms with Gasteiger partial charge in [0.25, 0.3) is 0 Å². The highest BCUT2D eigenvalue weighted by Gasteiger charge is 2.22. The molecular weight excluding hydrogens is 238 g/mol. The molecule has 0 atom stereocenters. The van der Waals surface area contributed by atoms with E-state index in [2.05, 4.69) is 0 Å². The van der Waals surface area contributed by atoms with E-state index < -0.39 is 17.6 Å². The Morgan fingerprint density at radius 2 is 1.89 bits per heavy atom. The molecule has 4 heteroatoms. The van der Waals surface area contributed by atoms with E-state index in [-0.39, 0.29) is 5.92 Å². The van der Waals surface area contributed by atoms with Crippen molar-refractivity contribution in [2.45, 2.75) is 25.7 Å². The van der Waals surface area contributed by atoms with E-state index in [9.17, 15) is 13.6 Å². The molecule has 1 saturated carbocycles. The predicted octanol–water partition coefficient (Wildman–Crippen LogP) is 3.62. The minimum Gasteiger partial charge on any atom is -0.478 e. The smallest absolute Gasteiger partial charge is 0.328 e. The summed E-state index contributed by atoms with van der Waals surface area (Å²) in [6.07, 6.45) is 5.01. The average Bonchev–Trinajstić information content (AvgIpc) is 2.83. The van der Waals surface area contributed by atoms with Crippen molar-refractivity contribution in [3.8, 4) is 0 Å². The standard InChI is InChI=1S/C14H14F2O2/c15-12-6-5-10(7-13(12)16)11(8-14(17)18)9-3-1-2-4-9/h5-9H,1-4H2,(H,17,18)/b11-8+. The minimum atomic E-state index is -1.05. The second-order valence-electron chi connectivity index (χ2n) is 4.55. The Balaban J connectivity index is 2.39. The molecule has 0 aromatic heterocycles. The van der Waals surface area contributed by atoms with Crippen molar-refractivity contribution < 1.29 is 18.7 Å². The van der Waals surface area contributed by atoms with Gasteiger partial charge >= 0.3 is 5.97 Å². The zero-order valence-electron chi connectivity index (χ0n) is 9.83. The molecule has 0 unspecified atom stereocenters. The van der Waals surface area contributed by atoms with Crippen LogP contribution < -0.4 is 0 Å². The van der Waals surface area contributed by atoms with Crippen LogP contribution in [0, 0.1) is 17.6 Å². The van der Waals surface area contributed by atoms with Crippen LogP contribution in [0.5, 0.6) is 0 Å². The summed E-state index contributed by atoms with van der Waals surface area (Å²) in [7, 11) is 0. The van der Waals surface area contributed by atoms with Crippen LogP contribution >= 0.6 is 0 Å². The number of benzene rings is 1. The molecule has 18 heavy (non-hydrogen) atoms. The number of allylic oxidation sites excluding steroid dienone is 1. The molecule has 1 aromatic carbocycles. The lowest BCUT2D eigenvalue weighted by Gasteiger charge is -2.14. The molecule has 0 amide bonds. The van der Waals surface area contributed by atoms with Crippen LogP contribution in [0.15, 0.2) is 24.3 Å². The highest BCUT2D eigenvalue weighted by molar-refractivity contribution is 5.90. The minimum absolute atomic E-state index is 0.131. The lowest BCUT2D eigenvalue weighted by atomic mass is 9.90. The first-order valence-corrected chi connectivity index (χ1v) is 5.98. The molecule has 0 bridgehead atoms. The third kappa shape index (κ3) is 2.75. The van der Waals surface area contributed by atoms with Gasteiger partial charge in [-0.1, -0.05) is 18.9 Å². The van der Waals surface area contributed by atoms with Crippen LogP contribution in [-0.4, -0.2) is 11.1 Å². The van der Waals surface area contributed by atoms with Crippen molar-refractivity contribution in [2.24, 2.45) is 5.92 Å². The average molecular weight is 252 g/mol. The van der Waals surface area contributed by atoms with Crippen LogP contribution in [0.25, 0.3) is 5.57 Å². The first-order chi connectivity index (χ1) is 8.58. The Morgan fingerprint density at radius 3 is 2.44 bits per heavy atom. The fourth-order valence-corrected chi connectivity index (χ4v) is 2.48. The molecule has 0 spiro atoms. The van der Waals surface area contributed by atoms with Gasteiger partial charge in [0.05, 0.1) is 0 Å². The highest BCUT2D eigenvalue weighted by Crippen LogP contribution is 2.36. The summed E-state index contributed by atoms with van der Waals surface area (Å²) in [5.74, 6) is -2.78. The summed E-state index contributed by atoms with van der Waals surface area (Å²) in [6.45, 7) is 0. The number of halogens is 2. The largest absolute Gasteiger partial charge is 0.478 e. The Hall–Kier alpha value is -1.71. The van der Waals surface area contributed by atoms with Gasteiger partial charge in [0.1, 0.15) is 0 Å².